The first-order valence-corrected chi connectivity index (χ1v) is 7.76. The first kappa shape index (κ1) is 16.6. The SMILES string of the molecule is COc1cc2nccc(Nc3ccc(NC(C)=O)cc3)c2cc1OC. The lowest BCUT2D eigenvalue weighted by atomic mass is 10.1. The van der Waals surface area contributed by atoms with E-state index in [0.717, 1.165) is 28.0 Å². The highest BCUT2D eigenvalue weighted by atomic mass is 16.5. The van der Waals surface area contributed by atoms with E-state index in [2.05, 4.69) is 15.6 Å². The van der Waals surface area contributed by atoms with Crippen LogP contribution in [0, 0.1) is 0 Å². The van der Waals surface area contributed by atoms with Gasteiger partial charge < -0.3 is 20.1 Å². The van der Waals surface area contributed by atoms with E-state index in [0.29, 0.717) is 11.5 Å². The van der Waals surface area contributed by atoms with Crippen molar-refractivity contribution >= 4 is 33.9 Å². The van der Waals surface area contributed by atoms with Crippen molar-refractivity contribution in [3.63, 3.8) is 0 Å². The Morgan fingerprint density at radius 1 is 0.960 bits per heavy atom. The number of aromatic nitrogens is 1. The van der Waals surface area contributed by atoms with E-state index in [4.69, 9.17) is 9.47 Å². The predicted octanol–water partition coefficient (Wildman–Crippen LogP) is 3.95. The number of amides is 1. The van der Waals surface area contributed by atoms with Crippen molar-refractivity contribution in [2.45, 2.75) is 6.92 Å². The minimum absolute atomic E-state index is 0.0955. The van der Waals surface area contributed by atoms with Gasteiger partial charge in [-0.2, -0.15) is 0 Å². The molecule has 0 radical (unpaired) electrons. The highest BCUT2D eigenvalue weighted by Gasteiger charge is 2.10. The average molecular weight is 337 g/mol. The Morgan fingerprint density at radius 2 is 1.60 bits per heavy atom. The zero-order valence-corrected chi connectivity index (χ0v) is 14.3. The first-order valence-electron chi connectivity index (χ1n) is 7.76. The summed E-state index contributed by atoms with van der Waals surface area (Å²) in [5.74, 6) is 1.19. The predicted molar refractivity (Wildman–Crippen MR) is 98.9 cm³/mol. The van der Waals surface area contributed by atoms with Gasteiger partial charge in [0.2, 0.25) is 5.91 Å². The minimum Gasteiger partial charge on any atom is -0.493 e. The second kappa shape index (κ2) is 7.09. The summed E-state index contributed by atoms with van der Waals surface area (Å²) < 4.78 is 10.7. The van der Waals surface area contributed by atoms with Crippen molar-refractivity contribution in [3.8, 4) is 11.5 Å². The number of hydrogen-bond donors (Lipinski definition) is 2. The zero-order chi connectivity index (χ0) is 17.8. The summed E-state index contributed by atoms with van der Waals surface area (Å²) in [5.41, 5.74) is 3.36. The third-order valence-corrected chi connectivity index (χ3v) is 3.73. The van der Waals surface area contributed by atoms with Gasteiger partial charge in [-0.05, 0) is 36.4 Å². The van der Waals surface area contributed by atoms with Crippen LogP contribution >= 0.6 is 0 Å². The van der Waals surface area contributed by atoms with E-state index in [-0.39, 0.29) is 5.91 Å². The van der Waals surface area contributed by atoms with E-state index >= 15 is 0 Å². The van der Waals surface area contributed by atoms with Crippen LogP contribution in [0.2, 0.25) is 0 Å². The van der Waals surface area contributed by atoms with Crippen molar-refractivity contribution in [3.05, 3.63) is 48.7 Å². The maximum absolute atomic E-state index is 11.1. The molecule has 1 aromatic heterocycles. The molecule has 25 heavy (non-hydrogen) atoms. The molecule has 0 spiro atoms. The molecule has 0 saturated carbocycles. The maximum Gasteiger partial charge on any atom is 0.221 e. The Morgan fingerprint density at radius 3 is 2.24 bits per heavy atom. The summed E-state index contributed by atoms with van der Waals surface area (Å²) in [4.78, 5) is 15.5. The number of fused-ring (bicyclic) bond motifs is 1. The molecule has 6 nitrogen and oxygen atoms in total. The van der Waals surface area contributed by atoms with Crippen LogP contribution in [-0.2, 0) is 4.79 Å². The minimum atomic E-state index is -0.0955. The molecule has 6 heteroatoms. The number of hydrogen-bond acceptors (Lipinski definition) is 5. The Balaban J connectivity index is 1.94. The van der Waals surface area contributed by atoms with E-state index in [1.54, 1.807) is 20.4 Å². The number of benzene rings is 2. The summed E-state index contributed by atoms with van der Waals surface area (Å²) in [6.07, 6.45) is 1.74. The fraction of sp³-hybridized carbons (Fsp3) is 0.158. The average Bonchev–Trinajstić information content (AvgIpc) is 2.62. The van der Waals surface area contributed by atoms with Gasteiger partial charge in [-0.3, -0.25) is 9.78 Å². The lowest BCUT2D eigenvalue weighted by molar-refractivity contribution is -0.114. The molecule has 2 aromatic carbocycles. The quantitative estimate of drug-likeness (QED) is 0.737. The van der Waals surface area contributed by atoms with Crippen molar-refractivity contribution < 1.29 is 14.3 Å². The molecule has 0 saturated heterocycles. The summed E-state index contributed by atoms with van der Waals surface area (Å²) in [7, 11) is 3.20. The lowest BCUT2D eigenvalue weighted by Crippen LogP contribution is -2.05. The number of ether oxygens (including phenoxy) is 2. The lowest BCUT2D eigenvalue weighted by Gasteiger charge is -2.13. The maximum atomic E-state index is 11.1. The molecule has 0 fully saturated rings. The van der Waals surface area contributed by atoms with E-state index in [1.807, 2.05) is 42.5 Å². The van der Waals surface area contributed by atoms with Crippen LogP contribution in [0.4, 0.5) is 17.1 Å². The molecule has 0 aliphatic carbocycles. The molecular formula is C19H19N3O3. The van der Waals surface area contributed by atoms with Crippen molar-refractivity contribution in [1.29, 1.82) is 0 Å². The second-order valence-electron chi connectivity index (χ2n) is 5.47. The highest BCUT2D eigenvalue weighted by molar-refractivity contribution is 5.95. The van der Waals surface area contributed by atoms with Gasteiger partial charge in [-0.1, -0.05) is 0 Å². The fourth-order valence-corrected chi connectivity index (χ4v) is 2.58. The van der Waals surface area contributed by atoms with Crippen LogP contribution < -0.4 is 20.1 Å². The Bertz CT molecular complexity index is 908. The molecule has 1 heterocycles. The van der Waals surface area contributed by atoms with Gasteiger partial charge in [0.25, 0.3) is 0 Å². The van der Waals surface area contributed by atoms with E-state index in [9.17, 15) is 4.79 Å². The molecule has 0 aliphatic heterocycles. The van der Waals surface area contributed by atoms with Crippen molar-refractivity contribution in [1.82, 2.24) is 4.98 Å². The van der Waals surface area contributed by atoms with Crippen molar-refractivity contribution in [2.24, 2.45) is 0 Å². The third kappa shape index (κ3) is 3.63. The zero-order valence-electron chi connectivity index (χ0n) is 14.3. The summed E-state index contributed by atoms with van der Waals surface area (Å²) in [5, 5.41) is 7.04. The number of anilines is 3. The fourth-order valence-electron chi connectivity index (χ4n) is 2.58. The van der Waals surface area contributed by atoms with Crippen LogP contribution in [0.1, 0.15) is 6.92 Å². The van der Waals surface area contributed by atoms with Crippen LogP contribution in [0.25, 0.3) is 10.9 Å². The van der Waals surface area contributed by atoms with Crippen LogP contribution in [-0.4, -0.2) is 25.1 Å². The van der Waals surface area contributed by atoms with Gasteiger partial charge in [-0.25, -0.2) is 0 Å². The van der Waals surface area contributed by atoms with Crippen LogP contribution in [0.15, 0.2) is 48.7 Å². The highest BCUT2D eigenvalue weighted by Crippen LogP contribution is 2.35. The molecule has 0 atom stereocenters. The number of carbonyl (C=O) groups is 1. The molecule has 3 aromatic rings. The molecule has 0 aliphatic rings. The second-order valence-corrected chi connectivity index (χ2v) is 5.47. The van der Waals surface area contributed by atoms with Crippen molar-refractivity contribution in [2.75, 3.05) is 24.9 Å². The van der Waals surface area contributed by atoms with E-state index in [1.165, 1.54) is 6.92 Å². The Labute approximate surface area is 145 Å². The van der Waals surface area contributed by atoms with Gasteiger partial charge in [0, 0.05) is 41.6 Å². The molecule has 0 unspecified atom stereocenters. The largest absolute Gasteiger partial charge is 0.493 e. The number of pyridine rings is 1. The first-order chi connectivity index (χ1) is 12.1. The summed E-state index contributed by atoms with van der Waals surface area (Å²) in [6.45, 7) is 1.48. The van der Waals surface area contributed by atoms with Gasteiger partial charge in [0.05, 0.1) is 19.7 Å². The molecule has 3 rings (SSSR count). The monoisotopic (exact) mass is 337 g/mol. The van der Waals surface area contributed by atoms with Crippen LogP contribution in [0.5, 0.6) is 11.5 Å². The number of nitrogens with one attached hydrogen (secondary N) is 2. The van der Waals surface area contributed by atoms with Gasteiger partial charge in [0.1, 0.15) is 0 Å². The number of nitrogens with zero attached hydrogens (tertiary/aromatic N) is 1. The smallest absolute Gasteiger partial charge is 0.221 e. The molecule has 2 N–H and O–H groups in total. The normalized spacial score (nSPS) is 10.4. The molecule has 1 amide bonds. The molecule has 128 valence electrons. The Hall–Kier alpha value is -3.28. The van der Waals surface area contributed by atoms with Crippen LogP contribution in [0.3, 0.4) is 0 Å². The van der Waals surface area contributed by atoms with E-state index < -0.39 is 0 Å². The summed E-state index contributed by atoms with van der Waals surface area (Å²) in [6, 6.07) is 13.1. The topological polar surface area (TPSA) is 72.5 Å². The number of methoxy groups -OCH3 is 2. The van der Waals surface area contributed by atoms with Gasteiger partial charge in [-0.15, -0.1) is 0 Å². The molecule has 0 bridgehead atoms. The number of carbonyl (C=O) groups excluding carboxylic acids is 1. The number of rotatable bonds is 5. The standard InChI is InChI=1S/C19H19N3O3/c1-12(23)21-13-4-6-14(7-5-13)22-16-8-9-20-17-11-19(25-3)18(24-2)10-15(16)17/h4-11H,1-3H3,(H,20,22)(H,21,23). The summed E-state index contributed by atoms with van der Waals surface area (Å²) >= 11 is 0. The molecular weight excluding hydrogens is 318 g/mol. The van der Waals surface area contributed by atoms with Gasteiger partial charge >= 0.3 is 0 Å². The van der Waals surface area contributed by atoms with Gasteiger partial charge in [0.15, 0.2) is 11.5 Å². The Kier molecular flexibility index (Phi) is 4.70. The third-order valence-electron chi connectivity index (χ3n) is 3.73.